The summed E-state index contributed by atoms with van der Waals surface area (Å²) in [5, 5.41) is 8.16. The quantitative estimate of drug-likeness (QED) is 0.138. The summed E-state index contributed by atoms with van der Waals surface area (Å²) in [7, 11) is 0. The van der Waals surface area contributed by atoms with E-state index in [9.17, 15) is 28.8 Å². The van der Waals surface area contributed by atoms with Crippen molar-refractivity contribution in [3.05, 3.63) is 12.7 Å². The summed E-state index contributed by atoms with van der Waals surface area (Å²) in [5.74, 6) is -3.15. The van der Waals surface area contributed by atoms with Crippen LogP contribution in [0.4, 0.5) is 4.79 Å². The smallest absolute Gasteiger partial charge is 0.408 e. The summed E-state index contributed by atoms with van der Waals surface area (Å²) < 4.78 is 11.1. The summed E-state index contributed by atoms with van der Waals surface area (Å²) in [6.07, 6.45) is 9.49. The summed E-state index contributed by atoms with van der Waals surface area (Å²) in [4.78, 5) is 81.6. The summed E-state index contributed by atoms with van der Waals surface area (Å²) in [6, 6.07) is -2.87. The molecule has 4 amide bonds. The summed E-state index contributed by atoms with van der Waals surface area (Å²) in [5.41, 5.74) is -1.42. The van der Waals surface area contributed by atoms with Crippen molar-refractivity contribution < 1.29 is 38.2 Å². The molecule has 5 atom stereocenters. The van der Waals surface area contributed by atoms with E-state index in [1.54, 1.807) is 31.7 Å². The number of esters is 1. The van der Waals surface area contributed by atoms with Crippen LogP contribution >= 0.6 is 0 Å². The van der Waals surface area contributed by atoms with Gasteiger partial charge in [0.25, 0.3) is 5.91 Å². The monoisotopic (exact) mass is 686 g/mol. The molecule has 0 aromatic rings. The predicted molar refractivity (Wildman–Crippen MR) is 183 cm³/mol. The fourth-order valence-corrected chi connectivity index (χ4v) is 8.16. The molecule has 0 radical (unpaired) electrons. The van der Waals surface area contributed by atoms with Crippen LogP contribution in [-0.4, -0.2) is 82.9 Å². The molecule has 0 aromatic heterocycles. The molecule has 1 heterocycles. The van der Waals surface area contributed by atoms with Gasteiger partial charge in [0.05, 0.1) is 12.5 Å². The van der Waals surface area contributed by atoms with Gasteiger partial charge in [0.1, 0.15) is 23.3 Å². The number of ketones is 1. The Hall–Kier alpha value is -3.44. The molecule has 0 aromatic carbocycles. The van der Waals surface area contributed by atoms with Gasteiger partial charge in [-0.1, -0.05) is 39.2 Å². The third-order valence-corrected chi connectivity index (χ3v) is 11.0. The number of allylic oxidation sites excluding steroid dienone is 1. The van der Waals surface area contributed by atoms with E-state index < -0.39 is 59.0 Å². The van der Waals surface area contributed by atoms with E-state index in [0.29, 0.717) is 13.0 Å². The maximum atomic E-state index is 14.3. The number of alkyl carbamates (subject to hydrolysis) is 1. The molecule has 3 saturated carbocycles. The minimum atomic E-state index is -1.15. The van der Waals surface area contributed by atoms with Gasteiger partial charge in [-0.3, -0.25) is 24.0 Å². The maximum absolute atomic E-state index is 14.3. The predicted octanol–water partition coefficient (Wildman–Crippen LogP) is 4.35. The molecule has 3 aliphatic carbocycles. The van der Waals surface area contributed by atoms with Crippen molar-refractivity contribution >= 4 is 35.6 Å². The molecule has 49 heavy (non-hydrogen) atoms. The van der Waals surface area contributed by atoms with Crippen LogP contribution < -0.4 is 16.0 Å². The minimum absolute atomic E-state index is 0.0718. The SMILES string of the molecule is C=CCCC(NC(=O)[C@@H]1[C@@H]2[C@H](CN1C(=O)[C@@H](NC(=O)OC(C)(C)C)C1CCCCC1)C2(C)C)C(=O)C(=O)NCCC(=O)OC1(C)CCCC1. The van der Waals surface area contributed by atoms with Gasteiger partial charge in [-0.2, -0.15) is 0 Å². The number of likely N-dealkylation sites (tertiary alicyclic amines) is 1. The number of rotatable bonds is 14. The van der Waals surface area contributed by atoms with E-state index in [2.05, 4.69) is 36.4 Å². The lowest BCUT2D eigenvalue weighted by Gasteiger charge is -2.37. The van der Waals surface area contributed by atoms with Gasteiger partial charge in [0.2, 0.25) is 17.6 Å². The molecule has 1 aliphatic heterocycles. The van der Waals surface area contributed by atoms with Gasteiger partial charge in [-0.15, -0.1) is 6.58 Å². The zero-order chi connectivity index (χ0) is 36.1. The second-order valence-corrected chi connectivity index (χ2v) is 16.3. The highest BCUT2D eigenvalue weighted by Gasteiger charge is 2.69. The number of fused-ring (bicyclic) bond motifs is 1. The highest BCUT2D eigenvalue weighted by atomic mass is 16.6. The van der Waals surface area contributed by atoms with Crippen LogP contribution in [0.3, 0.4) is 0 Å². The van der Waals surface area contributed by atoms with Crippen LogP contribution in [0, 0.1) is 23.2 Å². The van der Waals surface area contributed by atoms with Crippen LogP contribution in [0.1, 0.15) is 119 Å². The van der Waals surface area contributed by atoms with Gasteiger partial charge < -0.3 is 30.3 Å². The Labute approximate surface area is 291 Å². The Balaban J connectivity index is 1.45. The van der Waals surface area contributed by atoms with E-state index >= 15 is 0 Å². The topological polar surface area (TPSA) is 160 Å². The lowest BCUT2D eigenvalue weighted by Crippen LogP contribution is -2.59. The first-order chi connectivity index (χ1) is 23.0. The minimum Gasteiger partial charge on any atom is -0.459 e. The number of carbonyl (C=O) groups excluding carboxylic acids is 6. The van der Waals surface area contributed by atoms with Crippen molar-refractivity contribution in [1.82, 2.24) is 20.9 Å². The van der Waals surface area contributed by atoms with Crippen molar-refractivity contribution in [2.75, 3.05) is 13.1 Å². The highest BCUT2D eigenvalue weighted by molar-refractivity contribution is 6.38. The molecule has 12 heteroatoms. The van der Waals surface area contributed by atoms with E-state index in [4.69, 9.17) is 9.47 Å². The van der Waals surface area contributed by atoms with Crippen LogP contribution in [0.2, 0.25) is 0 Å². The number of amides is 4. The zero-order valence-electron chi connectivity index (χ0n) is 30.4. The van der Waals surface area contributed by atoms with Crippen LogP contribution in [0.5, 0.6) is 0 Å². The van der Waals surface area contributed by atoms with Gasteiger partial charge in [0, 0.05) is 13.1 Å². The number of ether oxygens (including phenoxy) is 2. The van der Waals surface area contributed by atoms with Crippen molar-refractivity contribution in [2.24, 2.45) is 23.2 Å². The summed E-state index contributed by atoms with van der Waals surface area (Å²) in [6.45, 7) is 15.3. The molecule has 0 spiro atoms. The third-order valence-electron chi connectivity index (χ3n) is 11.0. The number of hydrogen-bond donors (Lipinski definition) is 3. The van der Waals surface area contributed by atoms with E-state index in [1.807, 2.05) is 6.92 Å². The van der Waals surface area contributed by atoms with Gasteiger partial charge >= 0.3 is 12.1 Å². The fraction of sp³-hybridized carbons (Fsp3) is 0.784. The number of Topliss-reactive ketones (excluding diaryl/α,β-unsaturated/α-hetero) is 1. The Morgan fingerprint density at radius 2 is 1.61 bits per heavy atom. The first-order valence-electron chi connectivity index (χ1n) is 18.2. The first kappa shape index (κ1) is 38.4. The van der Waals surface area contributed by atoms with Crippen molar-refractivity contribution in [2.45, 2.75) is 148 Å². The van der Waals surface area contributed by atoms with Crippen molar-refractivity contribution in [3.63, 3.8) is 0 Å². The molecule has 4 rings (SSSR count). The molecular weight excluding hydrogens is 628 g/mol. The maximum Gasteiger partial charge on any atom is 0.408 e. The first-order valence-corrected chi connectivity index (χ1v) is 18.2. The average Bonchev–Trinajstić information content (AvgIpc) is 3.37. The largest absolute Gasteiger partial charge is 0.459 e. The Kier molecular flexibility index (Phi) is 12.2. The Morgan fingerprint density at radius 1 is 0.959 bits per heavy atom. The number of piperidine rings is 1. The molecular formula is C37H58N4O8. The standard InChI is InChI=1S/C37H58N4O8/c1-8-9-17-25(30(43)32(45)38-21-18-26(42)48-37(7)19-13-14-20-37)39-31(44)29-27-24(36(27,5)6)22-41(29)33(46)28(23-15-11-10-12-16-23)40-34(47)49-35(2,3)4/h8,23-25,27-29H,1,9-22H2,2-7H3,(H,38,45)(H,39,44)(H,40,47)/t24-,25?,27-,28-,29-/m0/s1. The molecule has 0 bridgehead atoms. The van der Waals surface area contributed by atoms with Crippen molar-refractivity contribution in [3.8, 4) is 0 Å². The molecule has 1 saturated heterocycles. The second-order valence-electron chi connectivity index (χ2n) is 16.3. The molecule has 4 fully saturated rings. The fourth-order valence-electron chi connectivity index (χ4n) is 8.16. The Morgan fingerprint density at radius 3 is 2.22 bits per heavy atom. The molecule has 274 valence electrons. The van der Waals surface area contributed by atoms with E-state index in [0.717, 1.165) is 57.8 Å². The van der Waals surface area contributed by atoms with Crippen molar-refractivity contribution in [1.29, 1.82) is 0 Å². The highest BCUT2D eigenvalue weighted by Crippen LogP contribution is 2.65. The van der Waals surface area contributed by atoms with E-state index in [-0.39, 0.29) is 48.5 Å². The van der Waals surface area contributed by atoms with Crippen LogP contribution in [-0.2, 0) is 33.4 Å². The zero-order valence-corrected chi connectivity index (χ0v) is 30.4. The second kappa shape index (κ2) is 15.6. The van der Waals surface area contributed by atoms with Gasteiger partial charge in [0.15, 0.2) is 0 Å². The molecule has 4 aliphatic rings. The average molecular weight is 687 g/mol. The molecule has 1 unspecified atom stereocenters. The van der Waals surface area contributed by atoms with E-state index in [1.165, 1.54) is 0 Å². The molecule has 12 nitrogen and oxygen atoms in total. The lowest BCUT2D eigenvalue weighted by atomic mass is 9.83. The summed E-state index contributed by atoms with van der Waals surface area (Å²) >= 11 is 0. The number of hydrogen-bond acceptors (Lipinski definition) is 8. The van der Waals surface area contributed by atoms with Gasteiger partial charge in [-0.05, 0) is 102 Å². The number of carbonyl (C=O) groups is 6. The number of nitrogens with one attached hydrogen (secondary N) is 3. The third kappa shape index (κ3) is 9.63. The number of nitrogens with zero attached hydrogens (tertiary/aromatic N) is 1. The van der Waals surface area contributed by atoms with Crippen LogP contribution in [0.15, 0.2) is 12.7 Å². The van der Waals surface area contributed by atoms with Crippen LogP contribution in [0.25, 0.3) is 0 Å². The lowest BCUT2D eigenvalue weighted by molar-refractivity contribution is -0.157. The Bertz CT molecular complexity index is 1280. The molecule has 3 N–H and O–H groups in total. The van der Waals surface area contributed by atoms with Gasteiger partial charge in [-0.25, -0.2) is 4.79 Å². The normalized spacial score (nSPS) is 25.3.